The summed E-state index contributed by atoms with van der Waals surface area (Å²) in [5.74, 6) is -0.843. The maximum absolute atomic E-state index is 13.4. The Kier molecular flexibility index (Phi) is 6.49. The number of benzene rings is 2. The van der Waals surface area contributed by atoms with Gasteiger partial charge in [-0.1, -0.05) is 30.3 Å². The molecule has 0 aliphatic carbocycles. The van der Waals surface area contributed by atoms with Gasteiger partial charge in [0.15, 0.2) is 0 Å². The number of halogens is 1. The van der Waals surface area contributed by atoms with Crippen LogP contribution in [0.4, 0.5) is 9.18 Å². The first-order valence-electron chi connectivity index (χ1n) is 10.9. The van der Waals surface area contributed by atoms with E-state index >= 15 is 0 Å². The smallest absolute Gasteiger partial charge is 0.405 e. The normalized spacial score (nSPS) is 20.4. The lowest BCUT2D eigenvalue weighted by Crippen LogP contribution is -2.59. The van der Waals surface area contributed by atoms with E-state index in [0.29, 0.717) is 25.1 Å². The maximum atomic E-state index is 13.4. The summed E-state index contributed by atoms with van der Waals surface area (Å²) < 4.78 is 18.7. The first-order chi connectivity index (χ1) is 16.3. The van der Waals surface area contributed by atoms with Gasteiger partial charge >= 0.3 is 6.09 Å². The van der Waals surface area contributed by atoms with Crippen LogP contribution in [0.25, 0.3) is 0 Å². The fourth-order valence-corrected chi connectivity index (χ4v) is 4.47. The Hall–Kier alpha value is -3.95. The van der Waals surface area contributed by atoms with Crippen LogP contribution in [-0.2, 0) is 16.0 Å². The van der Waals surface area contributed by atoms with Crippen molar-refractivity contribution in [2.45, 2.75) is 18.9 Å². The zero-order valence-electron chi connectivity index (χ0n) is 18.6. The van der Waals surface area contributed by atoms with Gasteiger partial charge in [-0.15, -0.1) is 0 Å². The summed E-state index contributed by atoms with van der Waals surface area (Å²) in [6.45, 7) is 0.0918. The van der Waals surface area contributed by atoms with Crippen LogP contribution < -0.4 is 10.1 Å². The van der Waals surface area contributed by atoms with Crippen molar-refractivity contribution in [2.24, 2.45) is 10.5 Å². The monoisotopic (exact) mass is 468 g/mol. The molecule has 1 fully saturated rings. The summed E-state index contributed by atoms with van der Waals surface area (Å²) in [6.07, 6.45) is -0.605. The zero-order chi connectivity index (χ0) is 24.3. The minimum absolute atomic E-state index is 0.0804. The molecule has 2 aliphatic heterocycles. The van der Waals surface area contributed by atoms with E-state index < -0.39 is 29.3 Å². The first-order valence-corrected chi connectivity index (χ1v) is 10.9. The molecule has 9 nitrogen and oxygen atoms in total. The molecule has 0 bridgehead atoms. The Balaban J connectivity index is 1.54. The van der Waals surface area contributed by atoms with Crippen LogP contribution >= 0.6 is 0 Å². The SMILES string of the molecule is CN1N=C2CCN(C(=O)[C@@H](COc3ccc(F)cc3)NC(=O)O)C[C@@]2(Cc2ccccc2)C1=O. The number of amides is 3. The number of carboxylic acid groups (broad SMARTS) is 1. The number of fused-ring (bicyclic) bond motifs is 1. The number of hydrogen-bond donors (Lipinski definition) is 2. The van der Waals surface area contributed by atoms with Crippen LogP contribution in [0.2, 0.25) is 0 Å². The quantitative estimate of drug-likeness (QED) is 0.647. The van der Waals surface area contributed by atoms with Gasteiger partial charge in [-0.2, -0.15) is 5.10 Å². The van der Waals surface area contributed by atoms with Crippen molar-refractivity contribution in [1.82, 2.24) is 15.2 Å². The van der Waals surface area contributed by atoms with E-state index in [1.807, 2.05) is 30.3 Å². The molecule has 4 rings (SSSR count). The molecule has 10 heteroatoms. The highest BCUT2D eigenvalue weighted by Gasteiger charge is 2.53. The number of hydrazone groups is 1. The number of rotatable bonds is 7. The molecule has 2 aromatic rings. The average Bonchev–Trinajstić information content (AvgIpc) is 3.07. The number of carbonyl (C=O) groups is 3. The molecule has 1 saturated heterocycles. The molecule has 34 heavy (non-hydrogen) atoms. The number of ether oxygens (including phenoxy) is 1. The van der Waals surface area contributed by atoms with Crippen molar-refractivity contribution >= 4 is 23.6 Å². The second-order valence-electron chi connectivity index (χ2n) is 8.40. The number of nitrogens with one attached hydrogen (secondary N) is 1. The fraction of sp³-hybridized carbons (Fsp3) is 0.333. The predicted molar refractivity (Wildman–Crippen MR) is 121 cm³/mol. The molecule has 0 aromatic heterocycles. The minimum Gasteiger partial charge on any atom is -0.491 e. The number of likely N-dealkylation sites (tertiary alicyclic amines) is 1. The van der Waals surface area contributed by atoms with E-state index in [4.69, 9.17) is 4.74 Å². The summed E-state index contributed by atoms with van der Waals surface area (Å²) in [5.41, 5.74) is 0.654. The molecular formula is C24H25FN4O5. The molecule has 0 spiro atoms. The highest BCUT2D eigenvalue weighted by Crippen LogP contribution is 2.38. The lowest BCUT2D eigenvalue weighted by Gasteiger charge is -2.40. The molecular weight excluding hydrogens is 443 g/mol. The number of nitrogens with zero attached hydrogens (tertiary/aromatic N) is 3. The van der Waals surface area contributed by atoms with Crippen LogP contribution in [-0.4, -0.2) is 71.4 Å². The van der Waals surface area contributed by atoms with Crippen molar-refractivity contribution in [1.29, 1.82) is 0 Å². The highest BCUT2D eigenvalue weighted by atomic mass is 19.1. The third kappa shape index (κ3) is 4.70. The van der Waals surface area contributed by atoms with Crippen LogP contribution in [0.15, 0.2) is 59.7 Å². The van der Waals surface area contributed by atoms with E-state index in [-0.39, 0.29) is 19.1 Å². The molecule has 0 unspecified atom stereocenters. The van der Waals surface area contributed by atoms with Gasteiger partial charge in [0.1, 0.15) is 29.6 Å². The summed E-state index contributed by atoms with van der Waals surface area (Å²) >= 11 is 0. The average molecular weight is 468 g/mol. The lowest BCUT2D eigenvalue weighted by molar-refractivity contribution is -0.141. The molecule has 2 aromatic carbocycles. The van der Waals surface area contributed by atoms with Crippen LogP contribution in [0.5, 0.6) is 5.75 Å². The summed E-state index contributed by atoms with van der Waals surface area (Å²) in [7, 11) is 1.60. The van der Waals surface area contributed by atoms with Crippen molar-refractivity contribution in [3.63, 3.8) is 0 Å². The standard InChI is InChI=1S/C24H25FN4O5/c1-28-22(31)24(13-16-5-3-2-4-6-16)15-29(12-11-20(24)27-28)21(30)19(26-23(32)33)14-34-18-9-7-17(25)8-10-18/h2-10,19,26H,11-15H2,1H3,(H,32,33)/t19-,24-/m1/s1. The molecule has 2 heterocycles. The maximum Gasteiger partial charge on any atom is 0.405 e. The highest BCUT2D eigenvalue weighted by molar-refractivity contribution is 6.13. The molecule has 0 radical (unpaired) electrons. The molecule has 3 amide bonds. The lowest BCUT2D eigenvalue weighted by atomic mass is 9.73. The fourth-order valence-electron chi connectivity index (χ4n) is 4.47. The van der Waals surface area contributed by atoms with E-state index in [0.717, 1.165) is 11.3 Å². The molecule has 2 atom stereocenters. The van der Waals surface area contributed by atoms with Crippen molar-refractivity contribution < 1.29 is 28.6 Å². The Morgan fingerprint density at radius 2 is 1.91 bits per heavy atom. The number of hydrogen-bond acceptors (Lipinski definition) is 5. The summed E-state index contributed by atoms with van der Waals surface area (Å²) in [4.78, 5) is 39.5. The van der Waals surface area contributed by atoms with Gasteiger partial charge in [-0.3, -0.25) is 9.59 Å². The van der Waals surface area contributed by atoms with Gasteiger partial charge in [-0.25, -0.2) is 14.2 Å². The van der Waals surface area contributed by atoms with Crippen molar-refractivity contribution in [3.05, 3.63) is 66.0 Å². The largest absolute Gasteiger partial charge is 0.491 e. The molecule has 2 aliphatic rings. The Morgan fingerprint density at radius 1 is 1.21 bits per heavy atom. The predicted octanol–water partition coefficient (Wildman–Crippen LogP) is 2.13. The molecule has 2 N–H and O–H groups in total. The molecule has 0 saturated carbocycles. The van der Waals surface area contributed by atoms with Crippen LogP contribution in [0.3, 0.4) is 0 Å². The Bertz CT molecular complexity index is 1110. The second kappa shape index (κ2) is 9.50. The van der Waals surface area contributed by atoms with E-state index in [2.05, 4.69) is 10.4 Å². The van der Waals surface area contributed by atoms with Gasteiger partial charge in [0, 0.05) is 26.6 Å². The summed E-state index contributed by atoms with van der Waals surface area (Å²) in [6, 6.07) is 13.5. The number of carbonyl (C=O) groups excluding carboxylic acids is 2. The van der Waals surface area contributed by atoms with Gasteiger partial charge < -0.3 is 20.1 Å². The first kappa shape index (κ1) is 23.2. The zero-order valence-corrected chi connectivity index (χ0v) is 18.6. The van der Waals surface area contributed by atoms with Crippen molar-refractivity contribution in [3.8, 4) is 5.75 Å². The van der Waals surface area contributed by atoms with Gasteiger partial charge in [0.25, 0.3) is 5.91 Å². The second-order valence-corrected chi connectivity index (χ2v) is 8.40. The Morgan fingerprint density at radius 3 is 2.59 bits per heavy atom. The van der Waals surface area contributed by atoms with E-state index in [1.165, 1.54) is 34.2 Å². The minimum atomic E-state index is -1.38. The Labute approximate surface area is 195 Å². The summed E-state index contributed by atoms with van der Waals surface area (Å²) in [5, 5.41) is 17.2. The topological polar surface area (TPSA) is 112 Å². The van der Waals surface area contributed by atoms with Gasteiger partial charge in [0.2, 0.25) is 5.91 Å². The van der Waals surface area contributed by atoms with Gasteiger partial charge in [-0.05, 0) is 36.2 Å². The van der Waals surface area contributed by atoms with E-state index in [9.17, 15) is 23.9 Å². The van der Waals surface area contributed by atoms with Gasteiger partial charge in [0.05, 0.1) is 5.71 Å². The third-order valence-corrected chi connectivity index (χ3v) is 6.09. The van der Waals surface area contributed by atoms with Crippen molar-refractivity contribution in [2.75, 3.05) is 26.7 Å². The van der Waals surface area contributed by atoms with Crippen LogP contribution in [0.1, 0.15) is 12.0 Å². The molecule has 178 valence electrons. The number of piperidine rings is 1. The third-order valence-electron chi connectivity index (χ3n) is 6.09. The van der Waals surface area contributed by atoms with E-state index in [1.54, 1.807) is 7.05 Å². The van der Waals surface area contributed by atoms with Crippen LogP contribution in [0, 0.1) is 11.2 Å².